The summed E-state index contributed by atoms with van der Waals surface area (Å²) in [6, 6.07) is 13.1. The summed E-state index contributed by atoms with van der Waals surface area (Å²) in [4.78, 5) is 0. The number of aromatic nitrogens is 4. The zero-order chi connectivity index (χ0) is 21.8. The number of benzene rings is 2. The normalized spacial score (nSPS) is 14.7. The minimum Gasteiger partial charge on any atom is -0.231 e. The quantitative estimate of drug-likeness (QED) is 0.287. The van der Waals surface area contributed by atoms with Crippen LogP contribution in [0.4, 0.5) is 0 Å². The van der Waals surface area contributed by atoms with E-state index in [9.17, 15) is 0 Å². The minimum absolute atomic E-state index is 0.213. The fourth-order valence-electron chi connectivity index (χ4n) is 3.88. The lowest BCUT2D eigenvalue weighted by atomic mass is 10.1. The van der Waals surface area contributed by atoms with Gasteiger partial charge >= 0.3 is 0 Å². The fraction of sp³-hybridized carbons (Fsp3) is 0.261. The van der Waals surface area contributed by atoms with E-state index in [-0.39, 0.29) is 5.41 Å². The summed E-state index contributed by atoms with van der Waals surface area (Å²) in [5.74, 6) is 0. The minimum atomic E-state index is 0.213. The molecule has 0 unspecified atom stereocenters. The third kappa shape index (κ3) is 3.68. The van der Waals surface area contributed by atoms with Crippen molar-refractivity contribution in [1.82, 2.24) is 20.0 Å². The van der Waals surface area contributed by atoms with Gasteiger partial charge in [-0.3, -0.25) is 0 Å². The first kappa shape index (κ1) is 21.0. The van der Waals surface area contributed by atoms with Crippen LogP contribution in [0.25, 0.3) is 27.6 Å². The maximum Gasteiger partial charge on any atom is 0.168 e. The molecule has 2 aromatic carbocycles. The first-order chi connectivity index (χ1) is 14.9. The molecule has 4 nitrogen and oxygen atoms in total. The molecule has 1 fully saturated rings. The molecule has 0 bridgehead atoms. The number of hydrogen-bond donors (Lipinski definition) is 0. The van der Waals surface area contributed by atoms with Crippen molar-refractivity contribution in [1.29, 1.82) is 0 Å². The van der Waals surface area contributed by atoms with Gasteiger partial charge in [-0.2, -0.15) is 5.10 Å². The molecule has 0 N–H and O–H groups in total. The Labute approximate surface area is 199 Å². The Bertz CT molecular complexity index is 1270. The van der Waals surface area contributed by atoms with E-state index in [1.54, 1.807) is 17.4 Å². The summed E-state index contributed by atoms with van der Waals surface area (Å²) in [6.45, 7) is 4.27. The summed E-state index contributed by atoms with van der Waals surface area (Å²) in [7, 11) is 0. The predicted octanol–water partition coefficient (Wildman–Crippen LogP) is 7.77. The smallest absolute Gasteiger partial charge is 0.168 e. The zero-order valence-corrected chi connectivity index (χ0v) is 20.1. The van der Waals surface area contributed by atoms with E-state index in [0.717, 1.165) is 44.6 Å². The standard InChI is InChI=1S/C23H19Cl3N4S/c1-3-23(10-11-23)22-28-27-21(31-22)19-13(2)20(14-4-6-15(24)7-5-14)30(29-19)18-9-8-16(25)12-17(18)26/h4-9,12H,3,10-11H2,1-2H3. The second kappa shape index (κ2) is 7.89. The first-order valence-corrected chi connectivity index (χ1v) is 12.0. The van der Waals surface area contributed by atoms with Gasteiger partial charge in [0.2, 0.25) is 0 Å². The van der Waals surface area contributed by atoms with Gasteiger partial charge in [0.15, 0.2) is 5.01 Å². The Morgan fingerprint density at radius 2 is 1.71 bits per heavy atom. The predicted molar refractivity (Wildman–Crippen MR) is 129 cm³/mol. The Hall–Kier alpha value is -1.92. The summed E-state index contributed by atoms with van der Waals surface area (Å²) in [5.41, 5.74) is 4.71. The topological polar surface area (TPSA) is 43.6 Å². The van der Waals surface area contributed by atoms with Crippen LogP contribution >= 0.6 is 46.1 Å². The molecule has 31 heavy (non-hydrogen) atoms. The summed E-state index contributed by atoms with van der Waals surface area (Å²) in [5, 5.41) is 17.7. The lowest BCUT2D eigenvalue weighted by Crippen LogP contribution is -2.02. The SMILES string of the molecule is CCC1(c2nnc(-c3nn(-c4ccc(Cl)cc4Cl)c(-c4ccc(Cl)cc4)c3C)s2)CC1. The van der Waals surface area contributed by atoms with Gasteiger partial charge in [0.1, 0.15) is 10.7 Å². The average molecular weight is 490 g/mol. The summed E-state index contributed by atoms with van der Waals surface area (Å²) < 4.78 is 1.86. The van der Waals surface area contributed by atoms with Crippen molar-refractivity contribution in [3.05, 3.63) is 68.1 Å². The van der Waals surface area contributed by atoms with Gasteiger partial charge in [-0.05, 0) is 56.5 Å². The molecular weight excluding hydrogens is 471 g/mol. The fourth-order valence-corrected chi connectivity index (χ4v) is 5.69. The zero-order valence-electron chi connectivity index (χ0n) is 17.0. The van der Waals surface area contributed by atoms with Crippen LogP contribution in [-0.4, -0.2) is 20.0 Å². The van der Waals surface area contributed by atoms with Crippen LogP contribution in [0, 0.1) is 6.92 Å². The molecule has 1 aliphatic carbocycles. The van der Waals surface area contributed by atoms with E-state index in [0.29, 0.717) is 15.1 Å². The van der Waals surface area contributed by atoms with Gasteiger partial charge < -0.3 is 0 Å². The van der Waals surface area contributed by atoms with Crippen molar-refractivity contribution in [2.24, 2.45) is 0 Å². The van der Waals surface area contributed by atoms with Gasteiger partial charge in [0.05, 0.1) is 16.4 Å². The van der Waals surface area contributed by atoms with Crippen molar-refractivity contribution >= 4 is 46.1 Å². The summed E-state index contributed by atoms with van der Waals surface area (Å²) in [6.07, 6.45) is 3.45. The molecule has 0 aliphatic heterocycles. The van der Waals surface area contributed by atoms with E-state index >= 15 is 0 Å². The van der Waals surface area contributed by atoms with Gasteiger partial charge in [-0.15, -0.1) is 10.2 Å². The number of nitrogens with zero attached hydrogens (tertiary/aromatic N) is 4. The highest BCUT2D eigenvalue weighted by molar-refractivity contribution is 7.14. The van der Waals surface area contributed by atoms with E-state index in [2.05, 4.69) is 24.0 Å². The molecule has 0 radical (unpaired) electrons. The molecule has 0 spiro atoms. The second-order valence-corrected chi connectivity index (χ2v) is 10.1. The molecular formula is C23H19Cl3N4S. The van der Waals surface area contributed by atoms with Gasteiger partial charge in [-0.25, -0.2) is 4.68 Å². The van der Waals surface area contributed by atoms with Crippen molar-refractivity contribution in [2.75, 3.05) is 0 Å². The molecule has 5 rings (SSSR count). The van der Waals surface area contributed by atoms with E-state index in [1.165, 1.54) is 12.8 Å². The van der Waals surface area contributed by atoms with E-state index in [4.69, 9.17) is 39.9 Å². The summed E-state index contributed by atoms with van der Waals surface area (Å²) >= 11 is 20.5. The van der Waals surface area contributed by atoms with Crippen LogP contribution in [0.3, 0.4) is 0 Å². The largest absolute Gasteiger partial charge is 0.231 e. The van der Waals surface area contributed by atoms with Crippen LogP contribution in [-0.2, 0) is 5.41 Å². The lowest BCUT2D eigenvalue weighted by Gasteiger charge is -2.11. The number of hydrogen-bond acceptors (Lipinski definition) is 4. The molecule has 0 atom stereocenters. The molecule has 2 aromatic heterocycles. The molecule has 1 aliphatic rings. The van der Waals surface area contributed by atoms with Crippen molar-refractivity contribution in [2.45, 2.75) is 38.5 Å². The van der Waals surface area contributed by atoms with Gasteiger partial charge in [0.25, 0.3) is 0 Å². The lowest BCUT2D eigenvalue weighted by molar-refractivity contribution is 0.649. The van der Waals surface area contributed by atoms with Crippen LogP contribution in [0.15, 0.2) is 42.5 Å². The third-order valence-corrected chi connectivity index (χ3v) is 7.96. The highest BCUT2D eigenvalue weighted by atomic mass is 35.5. The first-order valence-electron chi connectivity index (χ1n) is 10.1. The van der Waals surface area contributed by atoms with Gasteiger partial charge in [0, 0.05) is 26.6 Å². The van der Waals surface area contributed by atoms with Crippen molar-refractivity contribution < 1.29 is 0 Å². The second-order valence-electron chi connectivity index (χ2n) is 7.88. The monoisotopic (exact) mass is 488 g/mol. The number of rotatable bonds is 5. The maximum atomic E-state index is 6.56. The van der Waals surface area contributed by atoms with E-state index < -0.39 is 0 Å². The molecule has 4 aromatic rings. The highest BCUT2D eigenvalue weighted by Gasteiger charge is 2.45. The Morgan fingerprint density at radius 3 is 2.35 bits per heavy atom. The molecule has 2 heterocycles. The maximum absolute atomic E-state index is 6.56. The Kier molecular flexibility index (Phi) is 5.33. The third-order valence-electron chi connectivity index (χ3n) is 5.99. The van der Waals surface area contributed by atoms with Crippen LogP contribution in [0.1, 0.15) is 36.8 Å². The number of halogens is 3. The Morgan fingerprint density at radius 1 is 1.00 bits per heavy atom. The van der Waals surface area contributed by atoms with Crippen molar-refractivity contribution in [3.63, 3.8) is 0 Å². The van der Waals surface area contributed by atoms with Crippen LogP contribution in [0.5, 0.6) is 0 Å². The van der Waals surface area contributed by atoms with Crippen LogP contribution < -0.4 is 0 Å². The molecule has 0 amide bonds. The molecule has 1 saturated carbocycles. The molecule has 8 heteroatoms. The van der Waals surface area contributed by atoms with Crippen molar-refractivity contribution in [3.8, 4) is 27.6 Å². The van der Waals surface area contributed by atoms with Gasteiger partial charge in [-0.1, -0.05) is 65.2 Å². The van der Waals surface area contributed by atoms with Crippen LogP contribution in [0.2, 0.25) is 15.1 Å². The van der Waals surface area contributed by atoms with E-state index in [1.807, 2.05) is 41.1 Å². The molecule has 0 saturated heterocycles. The highest BCUT2D eigenvalue weighted by Crippen LogP contribution is 2.52. The average Bonchev–Trinajstić information content (AvgIpc) is 3.27. The molecule has 158 valence electrons. The Balaban J connectivity index is 1.69.